The Morgan fingerprint density at radius 3 is 3.23 bits per heavy atom. The van der Waals surface area contributed by atoms with E-state index in [1.807, 2.05) is 6.92 Å². The van der Waals surface area contributed by atoms with E-state index in [2.05, 4.69) is 10.6 Å². The quantitative estimate of drug-likeness (QED) is 0.616. The lowest BCUT2D eigenvalue weighted by Crippen LogP contribution is -2.42. The highest BCUT2D eigenvalue weighted by molar-refractivity contribution is 5.82. The number of likely N-dealkylation sites (N-methyl/N-ethyl adjacent to an activating group) is 1. The first kappa shape index (κ1) is 8.97. The Hall–Kier alpha value is -0.610. The molecule has 3 atom stereocenters. The first-order chi connectivity index (χ1) is 6.31. The zero-order valence-corrected chi connectivity index (χ0v) is 7.88. The number of rotatable bonds is 2. The van der Waals surface area contributed by atoms with E-state index >= 15 is 0 Å². The molecule has 2 N–H and O–H groups in total. The van der Waals surface area contributed by atoms with E-state index in [4.69, 9.17) is 4.74 Å². The van der Waals surface area contributed by atoms with Crippen molar-refractivity contribution in [3.8, 4) is 0 Å². The molecule has 2 heterocycles. The van der Waals surface area contributed by atoms with Crippen LogP contribution < -0.4 is 10.6 Å². The molecule has 0 aromatic rings. The van der Waals surface area contributed by atoms with Crippen LogP contribution in [0.25, 0.3) is 0 Å². The number of carbonyl (C=O) groups is 1. The summed E-state index contributed by atoms with van der Waals surface area (Å²) in [6.45, 7) is 3.47. The number of amides is 1. The highest BCUT2D eigenvalue weighted by Crippen LogP contribution is 2.24. The molecule has 4 nitrogen and oxygen atoms in total. The van der Waals surface area contributed by atoms with Crippen LogP contribution in [0.4, 0.5) is 0 Å². The molecule has 0 radical (unpaired) electrons. The average Bonchev–Trinajstić information content (AvgIpc) is 2.61. The highest BCUT2D eigenvalue weighted by atomic mass is 16.5. The molecular formula is C9H16N2O2. The zero-order valence-electron chi connectivity index (χ0n) is 7.88. The van der Waals surface area contributed by atoms with Crippen LogP contribution in [0.15, 0.2) is 0 Å². The third-order valence-corrected chi connectivity index (χ3v) is 2.76. The van der Waals surface area contributed by atoms with Gasteiger partial charge in [0.05, 0.1) is 12.1 Å². The predicted octanol–water partition coefficient (Wildman–Crippen LogP) is -0.358. The molecule has 0 spiro atoms. The van der Waals surface area contributed by atoms with Gasteiger partial charge in [-0.2, -0.15) is 0 Å². The predicted molar refractivity (Wildman–Crippen MR) is 48.4 cm³/mol. The fraction of sp³-hybridized carbons (Fsp3) is 0.889. The number of fused-ring (bicyclic) bond motifs is 1. The number of hydrogen-bond acceptors (Lipinski definition) is 3. The minimum atomic E-state index is -0.0322. The van der Waals surface area contributed by atoms with Gasteiger partial charge in [-0.1, -0.05) is 0 Å². The summed E-state index contributed by atoms with van der Waals surface area (Å²) in [4.78, 5) is 11.4. The van der Waals surface area contributed by atoms with Crippen molar-refractivity contribution < 1.29 is 9.53 Å². The van der Waals surface area contributed by atoms with Gasteiger partial charge in [-0.15, -0.1) is 0 Å². The maximum atomic E-state index is 11.4. The molecule has 1 amide bonds. The number of carbonyl (C=O) groups excluding carboxylic acids is 1. The molecule has 2 saturated heterocycles. The average molecular weight is 184 g/mol. The topological polar surface area (TPSA) is 50.4 Å². The summed E-state index contributed by atoms with van der Waals surface area (Å²) in [5, 5.41) is 6.12. The third kappa shape index (κ3) is 1.69. The van der Waals surface area contributed by atoms with Crippen molar-refractivity contribution >= 4 is 5.91 Å². The molecule has 0 saturated carbocycles. The van der Waals surface area contributed by atoms with E-state index in [0.717, 1.165) is 19.4 Å². The van der Waals surface area contributed by atoms with Crippen LogP contribution in [0.1, 0.15) is 19.8 Å². The fourth-order valence-electron chi connectivity index (χ4n) is 2.11. The van der Waals surface area contributed by atoms with Crippen LogP contribution in [0, 0.1) is 0 Å². The Morgan fingerprint density at radius 2 is 2.54 bits per heavy atom. The van der Waals surface area contributed by atoms with Gasteiger partial charge in [0.25, 0.3) is 0 Å². The second-order valence-electron chi connectivity index (χ2n) is 3.65. The van der Waals surface area contributed by atoms with Crippen LogP contribution in [-0.2, 0) is 9.53 Å². The molecule has 13 heavy (non-hydrogen) atoms. The summed E-state index contributed by atoms with van der Waals surface area (Å²) in [5.74, 6) is 0.112. The van der Waals surface area contributed by atoms with Gasteiger partial charge in [0.2, 0.25) is 5.91 Å². The minimum absolute atomic E-state index is 0.0322. The van der Waals surface area contributed by atoms with Crippen LogP contribution in [0.2, 0.25) is 0 Å². The molecular weight excluding hydrogens is 168 g/mol. The van der Waals surface area contributed by atoms with Crippen molar-refractivity contribution in [1.29, 1.82) is 0 Å². The summed E-state index contributed by atoms with van der Waals surface area (Å²) in [6, 6.07) is 0.378. The lowest BCUT2D eigenvalue weighted by atomic mass is 10.1. The molecule has 2 fully saturated rings. The van der Waals surface area contributed by atoms with Crippen molar-refractivity contribution in [2.45, 2.75) is 38.0 Å². The number of ether oxygens (including phenoxy) is 1. The Kier molecular flexibility index (Phi) is 2.51. The molecule has 2 rings (SSSR count). The summed E-state index contributed by atoms with van der Waals surface area (Å²) < 4.78 is 5.49. The monoisotopic (exact) mass is 184 g/mol. The van der Waals surface area contributed by atoms with Gasteiger partial charge in [-0.05, 0) is 19.8 Å². The van der Waals surface area contributed by atoms with E-state index in [9.17, 15) is 4.79 Å². The number of hydrogen-bond donors (Lipinski definition) is 2. The highest BCUT2D eigenvalue weighted by Gasteiger charge is 2.40. The summed E-state index contributed by atoms with van der Waals surface area (Å²) in [7, 11) is 0. The van der Waals surface area contributed by atoms with Crippen molar-refractivity contribution in [2.24, 2.45) is 0 Å². The van der Waals surface area contributed by atoms with Gasteiger partial charge in [0.1, 0.15) is 0 Å². The Bertz CT molecular complexity index is 196. The van der Waals surface area contributed by atoms with Gasteiger partial charge in [0.15, 0.2) is 0 Å². The third-order valence-electron chi connectivity index (χ3n) is 2.76. The normalized spacial score (nSPS) is 37.5. The lowest BCUT2D eigenvalue weighted by Gasteiger charge is -2.11. The van der Waals surface area contributed by atoms with E-state index in [1.165, 1.54) is 0 Å². The molecule has 4 heteroatoms. The molecule has 2 aliphatic rings. The van der Waals surface area contributed by atoms with E-state index in [1.54, 1.807) is 0 Å². The van der Waals surface area contributed by atoms with Crippen LogP contribution in [-0.4, -0.2) is 37.2 Å². The molecule has 3 unspecified atom stereocenters. The molecule has 0 aliphatic carbocycles. The summed E-state index contributed by atoms with van der Waals surface area (Å²) >= 11 is 0. The van der Waals surface area contributed by atoms with Crippen molar-refractivity contribution in [1.82, 2.24) is 10.6 Å². The van der Waals surface area contributed by atoms with Crippen LogP contribution >= 0.6 is 0 Å². The van der Waals surface area contributed by atoms with Crippen molar-refractivity contribution in [3.63, 3.8) is 0 Å². The van der Waals surface area contributed by atoms with E-state index in [0.29, 0.717) is 12.6 Å². The molecule has 0 bridgehead atoms. The molecule has 2 aliphatic heterocycles. The summed E-state index contributed by atoms with van der Waals surface area (Å²) in [6.07, 6.45) is 2.14. The molecule has 74 valence electrons. The maximum Gasteiger partial charge on any atom is 0.237 e. The lowest BCUT2D eigenvalue weighted by molar-refractivity contribution is -0.123. The van der Waals surface area contributed by atoms with Gasteiger partial charge >= 0.3 is 0 Å². The second-order valence-corrected chi connectivity index (χ2v) is 3.65. The number of nitrogens with one attached hydrogen (secondary N) is 2. The van der Waals surface area contributed by atoms with Gasteiger partial charge in [-0.25, -0.2) is 0 Å². The van der Waals surface area contributed by atoms with Crippen LogP contribution in [0.3, 0.4) is 0 Å². The molecule has 0 aromatic heterocycles. The molecule has 0 aromatic carbocycles. The Morgan fingerprint density at radius 1 is 1.69 bits per heavy atom. The summed E-state index contributed by atoms with van der Waals surface area (Å²) in [5.41, 5.74) is 0. The Labute approximate surface area is 78.0 Å². The first-order valence-electron chi connectivity index (χ1n) is 4.96. The first-order valence-corrected chi connectivity index (χ1v) is 4.96. The van der Waals surface area contributed by atoms with Crippen molar-refractivity contribution in [2.75, 3.05) is 13.2 Å². The van der Waals surface area contributed by atoms with Gasteiger partial charge in [0, 0.05) is 19.2 Å². The maximum absolute atomic E-state index is 11.4. The fourth-order valence-corrected chi connectivity index (χ4v) is 2.11. The second kappa shape index (κ2) is 3.64. The zero-order chi connectivity index (χ0) is 9.26. The van der Waals surface area contributed by atoms with E-state index < -0.39 is 0 Å². The minimum Gasteiger partial charge on any atom is -0.376 e. The van der Waals surface area contributed by atoms with Gasteiger partial charge < -0.3 is 15.4 Å². The van der Waals surface area contributed by atoms with E-state index in [-0.39, 0.29) is 18.1 Å². The SMILES string of the molecule is CCNC(=O)C1CC2OCCC2N1. The largest absolute Gasteiger partial charge is 0.376 e. The standard InChI is InChI=1S/C9H16N2O2/c1-2-10-9(12)7-5-8-6(11-7)3-4-13-8/h6-8,11H,2-5H2,1H3,(H,10,12). The van der Waals surface area contributed by atoms with Crippen molar-refractivity contribution in [3.05, 3.63) is 0 Å². The van der Waals surface area contributed by atoms with Crippen LogP contribution in [0.5, 0.6) is 0 Å². The van der Waals surface area contributed by atoms with Gasteiger partial charge in [-0.3, -0.25) is 4.79 Å². The Balaban J connectivity index is 1.87. The smallest absolute Gasteiger partial charge is 0.237 e.